The molecule has 0 fully saturated rings. The van der Waals surface area contributed by atoms with E-state index in [1.807, 2.05) is 0 Å². The molecule has 2 heteroatoms. The normalized spacial score (nSPS) is 12.1. The maximum absolute atomic E-state index is 12.9. The Morgan fingerprint density at radius 3 is 0.950 bits per heavy atom. The first-order valence-corrected chi connectivity index (χ1v) is 18.6. The van der Waals surface area contributed by atoms with Gasteiger partial charge in [0.05, 0.1) is 0 Å². The number of unbranched alkanes of at least 4 members (excludes halogenated alkanes) is 24. The van der Waals surface area contributed by atoms with E-state index in [4.69, 9.17) is 5.73 Å². The zero-order valence-corrected chi connectivity index (χ0v) is 28.1. The van der Waals surface area contributed by atoms with E-state index in [2.05, 4.69) is 32.9 Å². The molecule has 0 radical (unpaired) electrons. The second-order valence-electron chi connectivity index (χ2n) is 13.1. The van der Waals surface area contributed by atoms with E-state index < -0.39 is 0 Å². The van der Waals surface area contributed by atoms with E-state index in [0.29, 0.717) is 0 Å². The lowest BCUT2D eigenvalue weighted by Gasteiger charge is -2.31. The Balaban J connectivity index is 4.36. The largest absolute Gasteiger partial charge is 0.369 e. The van der Waals surface area contributed by atoms with Gasteiger partial charge in [-0.1, -0.05) is 187 Å². The van der Waals surface area contributed by atoms with Gasteiger partial charge >= 0.3 is 0 Å². The SMILES string of the molecule is CCCCCCCC/C=C\CCCCCCC(CCCCCCCCCC)(CCCCCCCCCC)C(N)=O. The third-order valence-electron chi connectivity index (χ3n) is 9.21. The minimum Gasteiger partial charge on any atom is -0.369 e. The maximum atomic E-state index is 12.9. The third kappa shape index (κ3) is 25.0. The van der Waals surface area contributed by atoms with Crippen molar-refractivity contribution < 1.29 is 4.79 Å². The molecule has 238 valence electrons. The van der Waals surface area contributed by atoms with Crippen molar-refractivity contribution in [1.29, 1.82) is 0 Å². The van der Waals surface area contributed by atoms with E-state index in [1.165, 1.54) is 180 Å². The van der Waals surface area contributed by atoms with Gasteiger partial charge in [-0.05, 0) is 44.9 Å². The van der Waals surface area contributed by atoms with Gasteiger partial charge in [0.15, 0.2) is 0 Å². The van der Waals surface area contributed by atoms with Crippen LogP contribution < -0.4 is 5.73 Å². The van der Waals surface area contributed by atoms with E-state index in [9.17, 15) is 4.79 Å². The fraction of sp³-hybridized carbons (Fsp3) is 0.921. The van der Waals surface area contributed by atoms with Gasteiger partial charge in [0, 0.05) is 5.41 Å². The summed E-state index contributed by atoms with van der Waals surface area (Å²) >= 11 is 0. The molecule has 0 aliphatic heterocycles. The Labute approximate surface area is 253 Å². The first kappa shape index (κ1) is 39.2. The summed E-state index contributed by atoms with van der Waals surface area (Å²) in [6.07, 6.45) is 44.8. The number of allylic oxidation sites excluding steroid dienone is 2. The molecule has 0 aliphatic rings. The molecule has 0 spiro atoms. The summed E-state index contributed by atoms with van der Waals surface area (Å²) in [5.41, 5.74) is 5.92. The molecular weight excluding hydrogens is 486 g/mol. The highest BCUT2D eigenvalue weighted by molar-refractivity contribution is 5.80. The van der Waals surface area contributed by atoms with Gasteiger partial charge in [0.1, 0.15) is 0 Å². The summed E-state index contributed by atoms with van der Waals surface area (Å²) in [4.78, 5) is 12.9. The van der Waals surface area contributed by atoms with Crippen LogP contribution in [-0.4, -0.2) is 5.91 Å². The number of primary amides is 1. The number of nitrogens with two attached hydrogens (primary N) is 1. The molecule has 0 aromatic heterocycles. The van der Waals surface area contributed by atoms with Gasteiger partial charge in [-0.2, -0.15) is 0 Å². The van der Waals surface area contributed by atoms with Crippen molar-refractivity contribution in [2.24, 2.45) is 11.1 Å². The van der Waals surface area contributed by atoms with Crippen LogP contribution in [0.15, 0.2) is 12.2 Å². The second-order valence-corrected chi connectivity index (χ2v) is 13.1. The molecule has 0 aliphatic carbocycles. The lowest BCUT2D eigenvalue weighted by Crippen LogP contribution is -2.37. The van der Waals surface area contributed by atoms with Crippen molar-refractivity contribution in [2.75, 3.05) is 0 Å². The summed E-state index contributed by atoms with van der Waals surface area (Å²) < 4.78 is 0. The molecule has 0 saturated heterocycles. The lowest BCUT2D eigenvalue weighted by molar-refractivity contribution is -0.129. The van der Waals surface area contributed by atoms with Crippen molar-refractivity contribution in [3.8, 4) is 0 Å². The lowest BCUT2D eigenvalue weighted by atomic mass is 9.73. The molecular formula is C38H75NO. The highest BCUT2D eigenvalue weighted by Crippen LogP contribution is 2.37. The van der Waals surface area contributed by atoms with Crippen LogP contribution in [0.5, 0.6) is 0 Å². The summed E-state index contributed by atoms with van der Waals surface area (Å²) in [5.74, 6) is -0.00369. The summed E-state index contributed by atoms with van der Waals surface area (Å²) in [7, 11) is 0. The van der Waals surface area contributed by atoms with E-state index in [-0.39, 0.29) is 11.3 Å². The average molecular weight is 562 g/mol. The molecule has 0 aromatic carbocycles. The van der Waals surface area contributed by atoms with Crippen molar-refractivity contribution >= 4 is 5.91 Å². The number of carbonyl (C=O) groups is 1. The molecule has 40 heavy (non-hydrogen) atoms. The minimum atomic E-state index is -0.249. The Kier molecular flexibility index (Phi) is 30.5. The van der Waals surface area contributed by atoms with Crippen LogP contribution in [0.1, 0.15) is 220 Å². The van der Waals surface area contributed by atoms with Crippen molar-refractivity contribution in [3.63, 3.8) is 0 Å². The Morgan fingerprint density at radius 2 is 0.675 bits per heavy atom. The minimum absolute atomic E-state index is 0.00369. The van der Waals surface area contributed by atoms with Gasteiger partial charge in [0.25, 0.3) is 0 Å². The van der Waals surface area contributed by atoms with Gasteiger partial charge in [-0.3, -0.25) is 4.79 Å². The number of amides is 1. The molecule has 0 unspecified atom stereocenters. The summed E-state index contributed by atoms with van der Waals surface area (Å²) in [6, 6.07) is 0. The Bertz CT molecular complexity index is 520. The molecule has 2 N–H and O–H groups in total. The number of rotatable bonds is 33. The average Bonchev–Trinajstić information content (AvgIpc) is 2.95. The van der Waals surface area contributed by atoms with Gasteiger partial charge in [-0.15, -0.1) is 0 Å². The number of hydrogen-bond acceptors (Lipinski definition) is 1. The van der Waals surface area contributed by atoms with Crippen LogP contribution in [0, 0.1) is 5.41 Å². The third-order valence-corrected chi connectivity index (χ3v) is 9.21. The first-order valence-electron chi connectivity index (χ1n) is 18.6. The Morgan fingerprint density at radius 1 is 0.425 bits per heavy atom. The van der Waals surface area contributed by atoms with E-state index in [1.54, 1.807) is 0 Å². The van der Waals surface area contributed by atoms with Crippen LogP contribution in [0.4, 0.5) is 0 Å². The monoisotopic (exact) mass is 562 g/mol. The van der Waals surface area contributed by atoms with Crippen molar-refractivity contribution in [2.45, 2.75) is 220 Å². The smallest absolute Gasteiger partial charge is 0.223 e. The standard InChI is InChI=1S/C38H75NO/c1-4-7-10-13-16-19-20-21-22-23-24-27-30-33-36-38(37(39)40,34-31-28-25-17-14-11-8-5-2)35-32-29-26-18-15-12-9-6-3/h21-22H,4-20,23-36H2,1-3H3,(H2,39,40)/b22-21-. The zero-order chi connectivity index (χ0) is 29.4. The zero-order valence-electron chi connectivity index (χ0n) is 28.1. The molecule has 0 rings (SSSR count). The molecule has 0 bridgehead atoms. The van der Waals surface area contributed by atoms with Crippen LogP contribution in [-0.2, 0) is 4.79 Å². The fourth-order valence-electron chi connectivity index (χ4n) is 6.30. The van der Waals surface area contributed by atoms with E-state index in [0.717, 1.165) is 19.3 Å². The molecule has 1 amide bonds. The van der Waals surface area contributed by atoms with Crippen LogP contribution in [0.3, 0.4) is 0 Å². The van der Waals surface area contributed by atoms with Gasteiger partial charge in [-0.25, -0.2) is 0 Å². The van der Waals surface area contributed by atoms with Gasteiger partial charge < -0.3 is 5.73 Å². The summed E-state index contributed by atoms with van der Waals surface area (Å²) in [5, 5.41) is 0. The highest BCUT2D eigenvalue weighted by Gasteiger charge is 2.34. The van der Waals surface area contributed by atoms with Crippen LogP contribution in [0.25, 0.3) is 0 Å². The van der Waals surface area contributed by atoms with E-state index >= 15 is 0 Å². The predicted octanol–water partition coefficient (Wildman–Crippen LogP) is 13.2. The topological polar surface area (TPSA) is 43.1 Å². The molecule has 2 nitrogen and oxygen atoms in total. The van der Waals surface area contributed by atoms with Gasteiger partial charge in [0.2, 0.25) is 5.91 Å². The molecule has 0 saturated carbocycles. The molecule has 0 heterocycles. The van der Waals surface area contributed by atoms with Crippen LogP contribution >= 0.6 is 0 Å². The quantitative estimate of drug-likeness (QED) is 0.0628. The maximum Gasteiger partial charge on any atom is 0.223 e. The molecule has 0 aromatic rings. The fourth-order valence-corrected chi connectivity index (χ4v) is 6.30. The van der Waals surface area contributed by atoms with Crippen LogP contribution in [0.2, 0.25) is 0 Å². The predicted molar refractivity (Wildman–Crippen MR) is 181 cm³/mol. The molecule has 0 atom stereocenters. The van der Waals surface area contributed by atoms with Crippen molar-refractivity contribution in [1.82, 2.24) is 0 Å². The second kappa shape index (κ2) is 31.2. The number of carbonyl (C=O) groups excluding carboxylic acids is 1. The Hall–Kier alpha value is -0.790. The first-order chi connectivity index (χ1) is 19.6. The van der Waals surface area contributed by atoms with Crippen molar-refractivity contribution in [3.05, 3.63) is 12.2 Å². The highest BCUT2D eigenvalue weighted by atomic mass is 16.1. The summed E-state index contributed by atoms with van der Waals surface area (Å²) in [6.45, 7) is 6.85. The number of hydrogen-bond donors (Lipinski definition) is 1.